The van der Waals surface area contributed by atoms with Crippen LogP contribution in [-0.2, 0) is 0 Å². The first-order chi connectivity index (χ1) is 8.33. The monoisotopic (exact) mass is 233 g/mol. The highest BCUT2D eigenvalue weighted by atomic mass is 16.3. The van der Waals surface area contributed by atoms with Gasteiger partial charge in [-0.2, -0.15) is 0 Å². The molecule has 0 aliphatic carbocycles. The Hall–Kier alpha value is -0.860. The lowest BCUT2D eigenvalue weighted by Gasteiger charge is -2.40. The minimum Gasteiger partial charge on any atom is -0.396 e. The number of aliphatic hydroxyl groups is 1. The zero-order valence-electron chi connectivity index (χ0n) is 10.7. The van der Waals surface area contributed by atoms with Crippen molar-refractivity contribution in [3.05, 3.63) is 35.9 Å². The van der Waals surface area contributed by atoms with Gasteiger partial charge < -0.3 is 5.11 Å². The summed E-state index contributed by atoms with van der Waals surface area (Å²) in [5, 5.41) is 9.16. The molecule has 1 saturated heterocycles. The fourth-order valence-corrected chi connectivity index (χ4v) is 2.91. The molecule has 1 aliphatic heterocycles. The fourth-order valence-electron chi connectivity index (χ4n) is 2.91. The first kappa shape index (κ1) is 12.6. The summed E-state index contributed by atoms with van der Waals surface area (Å²) in [6, 6.07) is 11.7. The normalized spacial score (nSPS) is 23.5. The van der Waals surface area contributed by atoms with E-state index in [1.807, 2.05) is 0 Å². The van der Waals surface area contributed by atoms with Gasteiger partial charge in [0, 0.05) is 18.7 Å². The molecule has 2 heteroatoms. The molecule has 2 rings (SSSR count). The van der Waals surface area contributed by atoms with Crippen molar-refractivity contribution >= 4 is 0 Å². The summed E-state index contributed by atoms with van der Waals surface area (Å²) in [5.74, 6) is 0. The molecule has 94 valence electrons. The molecule has 0 radical (unpaired) electrons. The number of hydrogen-bond acceptors (Lipinski definition) is 2. The van der Waals surface area contributed by atoms with Crippen molar-refractivity contribution in [1.29, 1.82) is 0 Å². The molecule has 2 atom stereocenters. The highest BCUT2D eigenvalue weighted by molar-refractivity contribution is 5.18. The first-order valence-electron chi connectivity index (χ1n) is 6.74. The molecular weight excluding hydrogens is 210 g/mol. The Bertz CT molecular complexity index is 323. The van der Waals surface area contributed by atoms with Crippen LogP contribution in [0.3, 0.4) is 0 Å². The van der Waals surface area contributed by atoms with E-state index in [9.17, 15) is 0 Å². The van der Waals surface area contributed by atoms with E-state index < -0.39 is 0 Å². The average molecular weight is 233 g/mol. The molecule has 17 heavy (non-hydrogen) atoms. The Morgan fingerprint density at radius 2 is 2.06 bits per heavy atom. The first-order valence-corrected chi connectivity index (χ1v) is 6.74. The third-order valence-corrected chi connectivity index (χ3v) is 3.91. The molecule has 1 aromatic rings. The van der Waals surface area contributed by atoms with E-state index in [0.29, 0.717) is 18.7 Å². The average Bonchev–Trinajstić information content (AvgIpc) is 2.40. The van der Waals surface area contributed by atoms with E-state index in [1.54, 1.807) is 0 Å². The Morgan fingerprint density at radius 1 is 1.29 bits per heavy atom. The van der Waals surface area contributed by atoms with Crippen LogP contribution in [0.25, 0.3) is 0 Å². The minimum atomic E-state index is 0.308. The molecule has 1 aliphatic rings. The topological polar surface area (TPSA) is 23.5 Å². The predicted octanol–water partition coefficient (Wildman–Crippen LogP) is 2.98. The van der Waals surface area contributed by atoms with Crippen molar-refractivity contribution in [3.8, 4) is 0 Å². The van der Waals surface area contributed by atoms with Crippen molar-refractivity contribution in [2.45, 2.75) is 44.7 Å². The van der Waals surface area contributed by atoms with Crippen LogP contribution >= 0.6 is 0 Å². The third kappa shape index (κ3) is 3.08. The number of hydrogen-bond donors (Lipinski definition) is 1. The van der Waals surface area contributed by atoms with Crippen molar-refractivity contribution in [2.24, 2.45) is 0 Å². The van der Waals surface area contributed by atoms with Crippen molar-refractivity contribution in [3.63, 3.8) is 0 Å². The number of piperidine rings is 1. The molecule has 0 amide bonds. The summed E-state index contributed by atoms with van der Waals surface area (Å²) in [6.45, 7) is 3.76. The zero-order valence-corrected chi connectivity index (χ0v) is 10.7. The lowest BCUT2D eigenvalue weighted by atomic mass is 9.95. The highest BCUT2D eigenvalue weighted by Gasteiger charge is 2.26. The summed E-state index contributed by atoms with van der Waals surface area (Å²) in [5.41, 5.74) is 1.39. The van der Waals surface area contributed by atoms with Crippen LogP contribution in [-0.4, -0.2) is 29.2 Å². The molecule has 0 bridgehead atoms. The predicted molar refractivity (Wildman–Crippen MR) is 70.9 cm³/mol. The van der Waals surface area contributed by atoms with Crippen molar-refractivity contribution in [1.82, 2.24) is 4.90 Å². The van der Waals surface area contributed by atoms with E-state index in [4.69, 9.17) is 5.11 Å². The lowest BCUT2D eigenvalue weighted by molar-refractivity contribution is 0.0826. The van der Waals surface area contributed by atoms with Crippen molar-refractivity contribution in [2.75, 3.05) is 13.2 Å². The van der Waals surface area contributed by atoms with Gasteiger partial charge in [0.05, 0.1) is 0 Å². The molecule has 0 saturated carbocycles. The van der Waals surface area contributed by atoms with Gasteiger partial charge >= 0.3 is 0 Å². The molecule has 0 spiro atoms. The molecule has 2 unspecified atom stereocenters. The van der Waals surface area contributed by atoms with Crippen LogP contribution in [0.1, 0.15) is 44.2 Å². The summed E-state index contributed by atoms with van der Waals surface area (Å²) in [7, 11) is 0. The standard InChI is InChI=1S/C15H23NO/c1-13(14-7-3-2-4-8-14)16-11-6-5-9-15(16)10-12-17/h2-4,7-8,13,15,17H,5-6,9-12H2,1H3. The van der Waals surface area contributed by atoms with E-state index in [0.717, 1.165) is 6.42 Å². The van der Waals surface area contributed by atoms with Crippen LogP contribution in [0.15, 0.2) is 30.3 Å². The van der Waals surface area contributed by atoms with Crippen LogP contribution in [0.4, 0.5) is 0 Å². The molecule has 2 nitrogen and oxygen atoms in total. The fraction of sp³-hybridized carbons (Fsp3) is 0.600. The molecule has 1 heterocycles. The maximum absolute atomic E-state index is 9.16. The lowest BCUT2D eigenvalue weighted by Crippen LogP contribution is -2.41. The van der Waals surface area contributed by atoms with Gasteiger partial charge in [-0.15, -0.1) is 0 Å². The number of likely N-dealkylation sites (tertiary alicyclic amines) is 1. The summed E-state index contributed by atoms with van der Waals surface area (Å²) < 4.78 is 0. The number of aliphatic hydroxyl groups excluding tert-OH is 1. The Morgan fingerprint density at radius 3 is 2.76 bits per heavy atom. The van der Waals surface area contributed by atoms with E-state index in [-0.39, 0.29) is 0 Å². The maximum Gasteiger partial charge on any atom is 0.0445 e. The van der Waals surface area contributed by atoms with Gasteiger partial charge in [-0.3, -0.25) is 4.90 Å². The molecule has 1 fully saturated rings. The van der Waals surface area contributed by atoms with Gasteiger partial charge in [0.2, 0.25) is 0 Å². The summed E-state index contributed by atoms with van der Waals surface area (Å²) in [4.78, 5) is 2.56. The third-order valence-electron chi connectivity index (χ3n) is 3.91. The Kier molecular flexibility index (Phi) is 4.57. The Labute approximate surface area is 104 Å². The van der Waals surface area contributed by atoms with Crippen molar-refractivity contribution < 1.29 is 5.11 Å². The second-order valence-electron chi connectivity index (χ2n) is 4.99. The summed E-state index contributed by atoms with van der Waals surface area (Å²) >= 11 is 0. The van der Waals surface area contributed by atoms with Crippen LogP contribution in [0.2, 0.25) is 0 Å². The van der Waals surface area contributed by atoms with Gasteiger partial charge in [0.1, 0.15) is 0 Å². The van der Waals surface area contributed by atoms with Gasteiger partial charge in [-0.1, -0.05) is 36.8 Å². The molecule has 1 aromatic carbocycles. The van der Waals surface area contributed by atoms with Gasteiger partial charge in [-0.05, 0) is 38.3 Å². The summed E-state index contributed by atoms with van der Waals surface area (Å²) in [6.07, 6.45) is 4.75. The van der Waals surface area contributed by atoms with Gasteiger partial charge in [-0.25, -0.2) is 0 Å². The zero-order chi connectivity index (χ0) is 12.1. The van der Waals surface area contributed by atoms with E-state index in [2.05, 4.69) is 42.2 Å². The molecule has 0 aromatic heterocycles. The van der Waals surface area contributed by atoms with Gasteiger partial charge in [0.15, 0.2) is 0 Å². The Balaban J connectivity index is 2.08. The minimum absolute atomic E-state index is 0.308. The van der Waals surface area contributed by atoms with Crippen LogP contribution in [0, 0.1) is 0 Å². The quantitative estimate of drug-likeness (QED) is 0.864. The SMILES string of the molecule is CC(c1ccccc1)N1CCCCC1CCO. The van der Waals surface area contributed by atoms with Crippen LogP contribution in [0.5, 0.6) is 0 Å². The maximum atomic E-state index is 9.16. The second kappa shape index (κ2) is 6.18. The van der Waals surface area contributed by atoms with Gasteiger partial charge in [0.25, 0.3) is 0 Å². The van der Waals surface area contributed by atoms with E-state index in [1.165, 1.54) is 31.4 Å². The smallest absolute Gasteiger partial charge is 0.0445 e. The number of rotatable bonds is 4. The van der Waals surface area contributed by atoms with E-state index >= 15 is 0 Å². The highest BCUT2D eigenvalue weighted by Crippen LogP contribution is 2.29. The largest absolute Gasteiger partial charge is 0.396 e. The second-order valence-corrected chi connectivity index (χ2v) is 4.99. The number of nitrogens with zero attached hydrogens (tertiary/aromatic N) is 1. The molecular formula is C15H23NO. The van der Waals surface area contributed by atoms with Crippen LogP contribution < -0.4 is 0 Å². The molecule has 1 N–H and O–H groups in total. The number of benzene rings is 1.